The molecule has 1 N–H and O–H groups in total. The number of pyridine rings is 1. The molecule has 28 heavy (non-hydrogen) atoms. The van der Waals surface area contributed by atoms with Crippen molar-refractivity contribution in [3.63, 3.8) is 0 Å². The monoisotopic (exact) mass is 424 g/mol. The number of carbonyl (C=O) groups is 1. The van der Waals surface area contributed by atoms with Gasteiger partial charge in [-0.3, -0.25) is 9.78 Å². The number of carbonyl (C=O) groups excluding carboxylic acids is 1. The van der Waals surface area contributed by atoms with Crippen LogP contribution < -0.4 is 5.32 Å². The van der Waals surface area contributed by atoms with E-state index in [-0.39, 0.29) is 22.6 Å². The highest BCUT2D eigenvalue weighted by Crippen LogP contribution is 2.37. The van der Waals surface area contributed by atoms with Crippen LogP contribution in [-0.2, 0) is 11.0 Å². The molecule has 4 rings (SSSR count). The molecule has 142 valence electrons. The fourth-order valence-electron chi connectivity index (χ4n) is 2.72. The number of aromatic nitrogens is 1. The van der Waals surface area contributed by atoms with Crippen LogP contribution in [0.1, 0.15) is 11.3 Å². The molecule has 3 aromatic rings. The second kappa shape index (κ2) is 6.71. The van der Waals surface area contributed by atoms with E-state index in [1.165, 1.54) is 24.5 Å². The molecular formula is C18H8F4N2O2S2. The minimum atomic E-state index is -4.83. The second-order valence-electron chi connectivity index (χ2n) is 5.80. The number of alkyl halides is 3. The molecule has 0 atom stereocenters. The van der Waals surface area contributed by atoms with Crippen molar-refractivity contribution in [3.05, 3.63) is 58.7 Å². The number of thioether (sulfide) groups is 1. The summed E-state index contributed by atoms with van der Waals surface area (Å²) in [6.07, 6.45) is -0.534. The zero-order chi connectivity index (χ0) is 20.1. The van der Waals surface area contributed by atoms with Crippen LogP contribution in [0.4, 0.5) is 17.6 Å². The van der Waals surface area contributed by atoms with Crippen LogP contribution >= 0.6 is 24.0 Å². The Morgan fingerprint density at radius 1 is 1.21 bits per heavy atom. The topological polar surface area (TPSA) is 55.1 Å². The average molecular weight is 424 g/mol. The van der Waals surface area contributed by atoms with Crippen molar-refractivity contribution >= 4 is 51.3 Å². The van der Waals surface area contributed by atoms with Crippen molar-refractivity contribution in [3.8, 4) is 11.1 Å². The molecule has 4 nitrogen and oxygen atoms in total. The molecule has 0 radical (unpaired) electrons. The number of furan rings is 1. The first-order valence-electron chi connectivity index (χ1n) is 7.72. The zero-order valence-corrected chi connectivity index (χ0v) is 15.3. The molecule has 1 amide bonds. The van der Waals surface area contributed by atoms with Gasteiger partial charge >= 0.3 is 6.18 Å². The molecule has 1 saturated heterocycles. The van der Waals surface area contributed by atoms with Gasteiger partial charge in [-0.1, -0.05) is 30.0 Å². The van der Waals surface area contributed by atoms with Gasteiger partial charge in [0.15, 0.2) is 0 Å². The first-order valence-corrected chi connectivity index (χ1v) is 8.94. The molecule has 1 fully saturated rings. The number of hydrogen-bond acceptors (Lipinski definition) is 5. The Bertz CT molecular complexity index is 1170. The van der Waals surface area contributed by atoms with Crippen LogP contribution in [0.2, 0.25) is 0 Å². The predicted molar refractivity (Wildman–Crippen MR) is 101 cm³/mol. The van der Waals surface area contributed by atoms with E-state index in [1.54, 1.807) is 6.07 Å². The van der Waals surface area contributed by atoms with Crippen molar-refractivity contribution in [1.29, 1.82) is 0 Å². The largest absolute Gasteiger partial charge is 0.456 e. The maximum atomic E-state index is 13.6. The molecule has 10 heteroatoms. The summed E-state index contributed by atoms with van der Waals surface area (Å²) >= 11 is 5.99. The fraction of sp³-hybridized carbons (Fsp3) is 0.0556. The number of benzene rings is 1. The first kappa shape index (κ1) is 18.6. The van der Waals surface area contributed by atoms with E-state index in [0.29, 0.717) is 26.4 Å². The van der Waals surface area contributed by atoms with E-state index < -0.39 is 17.6 Å². The van der Waals surface area contributed by atoms with E-state index in [1.807, 2.05) is 0 Å². The van der Waals surface area contributed by atoms with Gasteiger partial charge in [0.25, 0.3) is 5.91 Å². The Morgan fingerprint density at radius 3 is 2.68 bits per heavy atom. The molecule has 0 bridgehead atoms. The number of amides is 1. The number of thiocarbonyl (C=S) groups is 1. The number of nitrogens with zero attached hydrogens (tertiary/aromatic N) is 1. The van der Waals surface area contributed by atoms with Crippen LogP contribution in [0.3, 0.4) is 0 Å². The van der Waals surface area contributed by atoms with Crippen molar-refractivity contribution < 1.29 is 26.8 Å². The van der Waals surface area contributed by atoms with Crippen molar-refractivity contribution in [2.45, 2.75) is 6.18 Å². The van der Waals surface area contributed by atoms with Gasteiger partial charge < -0.3 is 9.73 Å². The predicted octanol–water partition coefficient (Wildman–Crippen LogP) is 5.14. The van der Waals surface area contributed by atoms with Gasteiger partial charge in [0.2, 0.25) is 0 Å². The van der Waals surface area contributed by atoms with Gasteiger partial charge in [0.05, 0.1) is 10.5 Å². The highest BCUT2D eigenvalue weighted by Gasteiger charge is 2.34. The smallest absolute Gasteiger partial charge is 0.419 e. The third-order valence-electron chi connectivity index (χ3n) is 3.94. The van der Waals surface area contributed by atoms with Gasteiger partial charge in [0.1, 0.15) is 21.5 Å². The summed E-state index contributed by atoms with van der Waals surface area (Å²) < 4.78 is 58.7. The normalized spacial score (nSPS) is 16.2. The van der Waals surface area contributed by atoms with Crippen LogP contribution in [0, 0.1) is 5.82 Å². The minimum Gasteiger partial charge on any atom is -0.456 e. The highest BCUT2D eigenvalue weighted by atomic mass is 32.2. The fourth-order valence-corrected chi connectivity index (χ4v) is 3.74. The number of hydrogen-bond donors (Lipinski definition) is 1. The molecule has 3 heterocycles. The van der Waals surface area contributed by atoms with Crippen molar-refractivity contribution in [1.82, 2.24) is 10.3 Å². The Kier molecular flexibility index (Phi) is 4.47. The minimum absolute atomic E-state index is 0.106. The number of halogens is 4. The van der Waals surface area contributed by atoms with Gasteiger partial charge in [-0.15, -0.1) is 0 Å². The molecule has 0 unspecified atom stereocenters. The van der Waals surface area contributed by atoms with E-state index in [2.05, 4.69) is 10.3 Å². The number of rotatable bonds is 2. The average Bonchev–Trinajstić information content (AvgIpc) is 3.16. The SMILES string of the molecule is O=C1NC(=S)S/C1=C/c1cc2cncc(-c3ccc(F)c(C(F)(F)F)c3)c2o1. The lowest BCUT2D eigenvalue weighted by atomic mass is 10.0. The lowest BCUT2D eigenvalue weighted by Gasteiger charge is -2.10. The van der Waals surface area contributed by atoms with Crippen LogP contribution in [-0.4, -0.2) is 15.2 Å². The zero-order valence-electron chi connectivity index (χ0n) is 13.6. The van der Waals surface area contributed by atoms with Gasteiger partial charge in [-0.2, -0.15) is 13.2 Å². The van der Waals surface area contributed by atoms with E-state index >= 15 is 0 Å². The third-order valence-corrected chi connectivity index (χ3v) is 5.10. The van der Waals surface area contributed by atoms with Crippen LogP contribution in [0.5, 0.6) is 0 Å². The Balaban J connectivity index is 1.82. The quantitative estimate of drug-likeness (QED) is 0.351. The first-order chi connectivity index (χ1) is 13.2. The van der Waals surface area contributed by atoms with E-state index in [0.717, 1.165) is 17.8 Å². The lowest BCUT2D eigenvalue weighted by Crippen LogP contribution is -2.17. The molecule has 2 aromatic heterocycles. The molecule has 1 aliphatic rings. The Hall–Kier alpha value is -2.72. The third kappa shape index (κ3) is 3.40. The van der Waals surface area contributed by atoms with Crippen molar-refractivity contribution in [2.24, 2.45) is 0 Å². The molecule has 1 aromatic carbocycles. The molecular weight excluding hydrogens is 416 g/mol. The van der Waals surface area contributed by atoms with Crippen LogP contribution in [0.25, 0.3) is 28.2 Å². The van der Waals surface area contributed by atoms with Gasteiger partial charge in [0, 0.05) is 29.4 Å². The lowest BCUT2D eigenvalue weighted by molar-refractivity contribution is -0.140. The molecule has 1 aliphatic heterocycles. The number of nitrogens with one attached hydrogen (secondary N) is 1. The molecule has 0 spiro atoms. The summed E-state index contributed by atoms with van der Waals surface area (Å²) in [7, 11) is 0. The summed E-state index contributed by atoms with van der Waals surface area (Å²) in [5.74, 6) is -1.41. The molecule has 0 saturated carbocycles. The Morgan fingerprint density at radius 2 is 2.00 bits per heavy atom. The maximum Gasteiger partial charge on any atom is 0.419 e. The number of fused-ring (bicyclic) bond motifs is 1. The summed E-state index contributed by atoms with van der Waals surface area (Å²) in [5.41, 5.74) is -0.725. The standard InChI is InChI=1S/C18H8F4N2O2S2/c19-13-2-1-8(4-12(13)18(20,21)22)11-7-23-6-9-3-10(26-15(9)11)5-14-16(25)24-17(27)28-14/h1-7H,(H,24,25,27)/b14-5+. The summed E-state index contributed by atoms with van der Waals surface area (Å²) in [6.45, 7) is 0. The second-order valence-corrected chi connectivity index (χ2v) is 7.52. The van der Waals surface area contributed by atoms with Gasteiger partial charge in [-0.25, -0.2) is 4.39 Å². The highest BCUT2D eigenvalue weighted by molar-refractivity contribution is 8.26. The summed E-state index contributed by atoms with van der Waals surface area (Å²) in [4.78, 5) is 16.1. The Labute approximate surface area is 164 Å². The van der Waals surface area contributed by atoms with E-state index in [9.17, 15) is 22.4 Å². The molecule has 0 aliphatic carbocycles. The van der Waals surface area contributed by atoms with Gasteiger partial charge in [-0.05, 0) is 23.8 Å². The van der Waals surface area contributed by atoms with E-state index in [4.69, 9.17) is 16.6 Å². The van der Waals surface area contributed by atoms with Crippen LogP contribution in [0.15, 0.2) is 46.0 Å². The van der Waals surface area contributed by atoms with Crippen molar-refractivity contribution in [2.75, 3.05) is 0 Å². The maximum absolute atomic E-state index is 13.6. The summed E-state index contributed by atoms with van der Waals surface area (Å²) in [5, 5.41) is 3.00. The summed E-state index contributed by atoms with van der Waals surface area (Å²) in [6, 6.07) is 4.29.